The van der Waals surface area contributed by atoms with Gasteiger partial charge in [-0.25, -0.2) is 0 Å². The lowest BCUT2D eigenvalue weighted by Gasteiger charge is -2.26. The number of para-hydroxylation sites is 1. The Labute approximate surface area is 119 Å². The minimum atomic E-state index is -0.161. The molecule has 108 valence electrons. The van der Waals surface area contributed by atoms with Crippen LogP contribution in [0.25, 0.3) is 0 Å². The van der Waals surface area contributed by atoms with E-state index in [1.165, 1.54) is 14.2 Å². The van der Waals surface area contributed by atoms with Crippen molar-refractivity contribution < 1.29 is 14.3 Å². The van der Waals surface area contributed by atoms with Crippen LogP contribution in [-0.4, -0.2) is 37.6 Å². The van der Waals surface area contributed by atoms with Gasteiger partial charge in [0, 0.05) is 12.6 Å². The summed E-state index contributed by atoms with van der Waals surface area (Å²) >= 11 is 0. The first-order valence-corrected chi connectivity index (χ1v) is 6.45. The Hall–Kier alpha value is -2.22. The minimum absolute atomic E-state index is 0.00626. The molecule has 5 heteroatoms. The van der Waals surface area contributed by atoms with Crippen molar-refractivity contribution in [1.82, 2.24) is 4.90 Å². The molecular weight excluding hydrogens is 256 g/mol. The molecule has 1 aromatic rings. The average Bonchev–Trinajstić information content (AvgIpc) is 2.45. The van der Waals surface area contributed by atoms with Crippen molar-refractivity contribution in [1.29, 1.82) is 5.26 Å². The van der Waals surface area contributed by atoms with E-state index in [0.29, 0.717) is 30.0 Å². The quantitative estimate of drug-likeness (QED) is 0.800. The van der Waals surface area contributed by atoms with Crippen LogP contribution in [0.2, 0.25) is 0 Å². The van der Waals surface area contributed by atoms with Crippen molar-refractivity contribution >= 4 is 5.91 Å². The van der Waals surface area contributed by atoms with Gasteiger partial charge in [0.2, 0.25) is 0 Å². The fourth-order valence-electron chi connectivity index (χ4n) is 1.97. The maximum absolute atomic E-state index is 12.6. The first kappa shape index (κ1) is 15.8. The number of methoxy groups -OCH3 is 2. The van der Waals surface area contributed by atoms with Crippen LogP contribution in [0, 0.1) is 11.3 Å². The monoisotopic (exact) mass is 276 g/mol. The summed E-state index contributed by atoms with van der Waals surface area (Å²) in [7, 11) is 3.03. The molecule has 0 radical (unpaired) electrons. The summed E-state index contributed by atoms with van der Waals surface area (Å²) in [4.78, 5) is 14.3. The summed E-state index contributed by atoms with van der Waals surface area (Å²) in [6.45, 7) is 4.23. The lowest BCUT2D eigenvalue weighted by atomic mass is 10.1. The molecule has 1 rings (SSSR count). The highest BCUT2D eigenvalue weighted by molar-refractivity contribution is 5.98. The Morgan fingerprint density at radius 2 is 2.05 bits per heavy atom. The van der Waals surface area contributed by atoms with Crippen LogP contribution in [0.15, 0.2) is 18.2 Å². The fraction of sp³-hybridized carbons (Fsp3) is 0.467. The first-order chi connectivity index (χ1) is 9.56. The van der Waals surface area contributed by atoms with Crippen molar-refractivity contribution in [3.05, 3.63) is 23.8 Å². The summed E-state index contributed by atoms with van der Waals surface area (Å²) in [6, 6.07) is 7.25. The maximum atomic E-state index is 12.6. The highest BCUT2D eigenvalue weighted by Crippen LogP contribution is 2.31. The standard InChI is InChI=1S/C15H20N2O3/c1-11(2)17(10-6-9-16)15(18)12-7-5-8-13(19-3)14(12)20-4/h5,7-8,11H,6,10H2,1-4H3. The first-order valence-electron chi connectivity index (χ1n) is 6.45. The number of hydrogen-bond acceptors (Lipinski definition) is 4. The van der Waals surface area contributed by atoms with Crippen LogP contribution in [-0.2, 0) is 0 Å². The number of benzene rings is 1. The molecule has 0 N–H and O–H groups in total. The summed E-state index contributed by atoms with van der Waals surface area (Å²) in [5.41, 5.74) is 0.443. The van der Waals surface area contributed by atoms with E-state index >= 15 is 0 Å². The van der Waals surface area contributed by atoms with Crippen LogP contribution in [0.1, 0.15) is 30.6 Å². The van der Waals surface area contributed by atoms with E-state index in [-0.39, 0.29) is 11.9 Å². The van der Waals surface area contributed by atoms with Gasteiger partial charge in [-0.1, -0.05) is 6.07 Å². The number of hydrogen-bond donors (Lipinski definition) is 0. The molecule has 1 amide bonds. The maximum Gasteiger partial charge on any atom is 0.258 e. The van der Waals surface area contributed by atoms with E-state index in [2.05, 4.69) is 6.07 Å². The lowest BCUT2D eigenvalue weighted by molar-refractivity contribution is 0.0706. The minimum Gasteiger partial charge on any atom is -0.493 e. The predicted octanol–water partition coefficient (Wildman–Crippen LogP) is 2.47. The molecule has 0 heterocycles. The molecule has 20 heavy (non-hydrogen) atoms. The SMILES string of the molecule is COc1cccc(C(=O)N(CCC#N)C(C)C)c1OC. The zero-order chi connectivity index (χ0) is 15.1. The molecule has 0 saturated heterocycles. The second-order valence-electron chi connectivity index (χ2n) is 4.54. The van der Waals surface area contributed by atoms with Crippen molar-refractivity contribution in [2.45, 2.75) is 26.3 Å². The molecule has 0 aliphatic carbocycles. The van der Waals surface area contributed by atoms with Gasteiger partial charge in [-0.15, -0.1) is 0 Å². The van der Waals surface area contributed by atoms with Crippen LogP contribution in [0.5, 0.6) is 11.5 Å². The predicted molar refractivity (Wildman–Crippen MR) is 75.9 cm³/mol. The summed E-state index contributed by atoms with van der Waals surface area (Å²) in [5.74, 6) is 0.774. The largest absolute Gasteiger partial charge is 0.493 e. The van der Waals surface area contributed by atoms with Crippen LogP contribution >= 0.6 is 0 Å². The highest BCUT2D eigenvalue weighted by Gasteiger charge is 2.23. The molecule has 0 spiro atoms. The molecule has 1 aromatic carbocycles. The number of rotatable bonds is 6. The Morgan fingerprint density at radius 1 is 1.35 bits per heavy atom. The van der Waals surface area contributed by atoms with Gasteiger partial charge >= 0.3 is 0 Å². The number of nitrogens with zero attached hydrogens (tertiary/aromatic N) is 2. The topological polar surface area (TPSA) is 62.6 Å². The summed E-state index contributed by atoms with van der Waals surface area (Å²) in [6.07, 6.45) is 0.302. The molecule has 0 aliphatic heterocycles. The summed E-state index contributed by atoms with van der Waals surface area (Å²) < 4.78 is 10.5. The van der Waals surface area contributed by atoms with Crippen molar-refractivity contribution in [2.75, 3.05) is 20.8 Å². The van der Waals surface area contributed by atoms with E-state index in [1.54, 1.807) is 23.1 Å². The molecule has 0 aromatic heterocycles. The Bertz CT molecular complexity index is 506. The molecule has 0 unspecified atom stereocenters. The van der Waals surface area contributed by atoms with Crippen molar-refractivity contribution in [3.63, 3.8) is 0 Å². The number of ether oxygens (including phenoxy) is 2. The van der Waals surface area contributed by atoms with Crippen LogP contribution in [0.3, 0.4) is 0 Å². The Balaban J connectivity index is 3.15. The second kappa shape index (κ2) is 7.39. The normalized spacial score (nSPS) is 10.0. The molecule has 5 nitrogen and oxygen atoms in total. The highest BCUT2D eigenvalue weighted by atomic mass is 16.5. The molecule has 0 saturated carbocycles. The third-order valence-corrected chi connectivity index (χ3v) is 2.98. The molecule has 0 atom stereocenters. The van der Waals surface area contributed by atoms with Gasteiger partial charge in [0.05, 0.1) is 32.3 Å². The molecule has 0 bridgehead atoms. The zero-order valence-electron chi connectivity index (χ0n) is 12.3. The molecule has 0 aliphatic rings. The van der Waals surface area contributed by atoms with Gasteiger partial charge in [0.25, 0.3) is 5.91 Å². The number of amides is 1. The van der Waals surface area contributed by atoms with Gasteiger partial charge in [-0.3, -0.25) is 4.79 Å². The van der Waals surface area contributed by atoms with E-state index in [4.69, 9.17) is 14.7 Å². The number of carbonyl (C=O) groups is 1. The van der Waals surface area contributed by atoms with Crippen molar-refractivity contribution in [3.8, 4) is 17.6 Å². The van der Waals surface area contributed by atoms with Crippen LogP contribution < -0.4 is 9.47 Å². The van der Waals surface area contributed by atoms with Gasteiger partial charge in [-0.05, 0) is 26.0 Å². The van der Waals surface area contributed by atoms with Gasteiger partial charge in [0.15, 0.2) is 11.5 Å². The second-order valence-corrected chi connectivity index (χ2v) is 4.54. The third-order valence-electron chi connectivity index (χ3n) is 2.98. The summed E-state index contributed by atoms with van der Waals surface area (Å²) in [5, 5.41) is 8.70. The lowest BCUT2D eigenvalue weighted by Crippen LogP contribution is -2.37. The molecule has 0 fully saturated rings. The Kier molecular flexibility index (Phi) is 5.85. The van der Waals surface area contributed by atoms with Crippen molar-refractivity contribution in [2.24, 2.45) is 0 Å². The van der Waals surface area contributed by atoms with Gasteiger partial charge in [0.1, 0.15) is 0 Å². The molecular formula is C15H20N2O3. The smallest absolute Gasteiger partial charge is 0.258 e. The zero-order valence-corrected chi connectivity index (χ0v) is 12.3. The van der Waals surface area contributed by atoms with E-state index in [0.717, 1.165) is 0 Å². The van der Waals surface area contributed by atoms with Gasteiger partial charge in [-0.2, -0.15) is 5.26 Å². The van der Waals surface area contributed by atoms with Gasteiger partial charge < -0.3 is 14.4 Å². The Morgan fingerprint density at radius 3 is 2.55 bits per heavy atom. The fourth-order valence-corrected chi connectivity index (χ4v) is 1.97. The van der Waals surface area contributed by atoms with E-state index in [9.17, 15) is 4.79 Å². The van der Waals surface area contributed by atoms with Crippen LogP contribution in [0.4, 0.5) is 0 Å². The van der Waals surface area contributed by atoms with E-state index < -0.39 is 0 Å². The third kappa shape index (κ3) is 3.41. The van der Waals surface area contributed by atoms with E-state index in [1.807, 2.05) is 13.8 Å². The average molecular weight is 276 g/mol. The number of carbonyl (C=O) groups excluding carboxylic acids is 1. The number of nitriles is 1.